The van der Waals surface area contributed by atoms with Gasteiger partial charge in [0.05, 0.1) is 0 Å². The lowest BCUT2D eigenvalue weighted by Crippen LogP contribution is -2.53. The van der Waals surface area contributed by atoms with Crippen LogP contribution in [0.15, 0.2) is 0 Å². The van der Waals surface area contributed by atoms with Crippen LogP contribution in [0.25, 0.3) is 0 Å². The number of Topliss-reactive ketones (excluding diaryl/α,β-unsaturated/α-hetero) is 1. The minimum atomic E-state index is 0.371. The molecular weight excluding hydrogens is 244 g/mol. The Hall–Kier alpha value is -0.330. The summed E-state index contributed by atoms with van der Waals surface area (Å²) in [6.07, 6.45) is 13.4. The van der Waals surface area contributed by atoms with E-state index in [0.29, 0.717) is 22.5 Å². The van der Waals surface area contributed by atoms with E-state index in [-0.39, 0.29) is 0 Å². The van der Waals surface area contributed by atoms with Gasteiger partial charge in [-0.15, -0.1) is 0 Å². The van der Waals surface area contributed by atoms with Crippen LogP contribution < -0.4 is 0 Å². The second-order valence-electron chi connectivity index (χ2n) is 8.93. The van der Waals surface area contributed by atoms with E-state index < -0.39 is 0 Å². The second-order valence-corrected chi connectivity index (χ2v) is 8.93. The number of ketones is 1. The van der Waals surface area contributed by atoms with E-state index in [1.54, 1.807) is 0 Å². The Morgan fingerprint density at radius 1 is 0.950 bits per heavy atom. The summed E-state index contributed by atoms with van der Waals surface area (Å²) in [5, 5.41) is 0. The van der Waals surface area contributed by atoms with Crippen molar-refractivity contribution in [2.45, 2.75) is 78.1 Å². The van der Waals surface area contributed by atoms with Gasteiger partial charge in [-0.05, 0) is 73.5 Å². The summed E-state index contributed by atoms with van der Waals surface area (Å²) < 4.78 is 0. The van der Waals surface area contributed by atoms with Crippen LogP contribution in [0.5, 0.6) is 0 Å². The molecule has 4 saturated carbocycles. The molecule has 5 unspecified atom stereocenters. The van der Waals surface area contributed by atoms with Crippen LogP contribution in [-0.4, -0.2) is 5.78 Å². The highest BCUT2D eigenvalue weighted by atomic mass is 16.1. The van der Waals surface area contributed by atoms with E-state index in [0.717, 1.165) is 24.2 Å². The van der Waals surface area contributed by atoms with Crippen molar-refractivity contribution in [1.82, 2.24) is 0 Å². The minimum Gasteiger partial charge on any atom is -0.299 e. The Labute approximate surface area is 123 Å². The third kappa shape index (κ3) is 1.64. The molecule has 0 aromatic heterocycles. The highest BCUT2D eigenvalue weighted by Gasteiger charge is 2.59. The zero-order chi connectivity index (χ0) is 14.0. The molecule has 0 aromatic carbocycles. The van der Waals surface area contributed by atoms with E-state index in [1.165, 1.54) is 57.8 Å². The lowest BCUT2D eigenvalue weighted by molar-refractivity contribution is -0.138. The number of hydrogen-bond acceptors (Lipinski definition) is 1. The molecule has 0 spiro atoms. The molecule has 4 rings (SSSR count). The second kappa shape index (κ2) is 4.34. The number of hydrogen-bond donors (Lipinski definition) is 0. The highest BCUT2D eigenvalue weighted by molar-refractivity contribution is 5.84. The lowest BCUT2D eigenvalue weighted by atomic mass is 9.45. The maximum absolute atomic E-state index is 12.5. The third-order valence-corrected chi connectivity index (χ3v) is 8.16. The summed E-state index contributed by atoms with van der Waals surface area (Å²) >= 11 is 0. The number of fused-ring (bicyclic) bond motifs is 5. The first-order valence-corrected chi connectivity index (χ1v) is 9.07. The molecule has 4 fully saturated rings. The maximum atomic E-state index is 12.5. The molecule has 0 bridgehead atoms. The number of carbonyl (C=O) groups is 1. The normalized spacial score (nSPS) is 55.0. The topological polar surface area (TPSA) is 17.1 Å². The first-order valence-electron chi connectivity index (χ1n) is 9.07. The monoisotopic (exact) mass is 274 g/mol. The highest BCUT2D eigenvalue weighted by Crippen LogP contribution is 2.65. The van der Waals surface area contributed by atoms with Crippen molar-refractivity contribution in [3.05, 3.63) is 0 Å². The van der Waals surface area contributed by atoms with Crippen LogP contribution in [-0.2, 0) is 4.79 Å². The quantitative estimate of drug-likeness (QED) is 0.608. The summed E-state index contributed by atoms with van der Waals surface area (Å²) in [5.74, 6) is 3.63. The molecule has 1 nitrogen and oxygen atoms in total. The average Bonchev–Trinajstić information content (AvgIpc) is 2.74. The molecule has 0 aliphatic heterocycles. The summed E-state index contributed by atoms with van der Waals surface area (Å²) in [5.41, 5.74) is 0.946. The number of carbonyl (C=O) groups excluding carboxylic acids is 1. The summed E-state index contributed by atoms with van der Waals surface area (Å²) in [6, 6.07) is 0. The fourth-order valence-corrected chi connectivity index (χ4v) is 7.05. The molecule has 112 valence electrons. The molecule has 4 aliphatic rings. The van der Waals surface area contributed by atoms with Crippen molar-refractivity contribution >= 4 is 5.78 Å². The summed E-state index contributed by atoms with van der Waals surface area (Å²) in [4.78, 5) is 12.5. The van der Waals surface area contributed by atoms with Crippen molar-refractivity contribution in [3.63, 3.8) is 0 Å². The van der Waals surface area contributed by atoms with E-state index in [2.05, 4.69) is 13.8 Å². The Balaban J connectivity index is 1.68. The Kier molecular flexibility index (Phi) is 2.89. The Morgan fingerprint density at radius 3 is 2.65 bits per heavy atom. The first kappa shape index (κ1) is 13.3. The van der Waals surface area contributed by atoms with Crippen molar-refractivity contribution in [2.24, 2.45) is 34.5 Å². The van der Waals surface area contributed by atoms with Crippen LogP contribution in [0, 0.1) is 34.5 Å². The van der Waals surface area contributed by atoms with E-state index in [9.17, 15) is 4.79 Å². The van der Waals surface area contributed by atoms with Gasteiger partial charge in [-0.25, -0.2) is 0 Å². The standard InChI is InChI=1S/C19H30O/c1-18-11-8-15-14(17(18)16(20)9-12-18)7-6-13-5-3-4-10-19(13,15)2/h13-15,17H,3-12H2,1-2H3/t13-,14?,15?,17?,18?,19?/m1/s1. The van der Waals surface area contributed by atoms with Gasteiger partial charge < -0.3 is 0 Å². The summed E-state index contributed by atoms with van der Waals surface area (Å²) in [7, 11) is 0. The van der Waals surface area contributed by atoms with Gasteiger partial charge in [0.25, 0.3) is 0 Å². The predicted octanol–water partition coefficient (Wildman–Crippen LogP) is 4.99. The van der Waals surface area contributed by atoms with Gasteiger partial charge in [0.15, 0.2) is 0 Å². The molecular formula is C19H30O. The molecule has 0 saturated heterocycles. The van der Waals surface area contributed by atoms with Crippen LogP contribution in [0.1, 0.15) is 78.1 Å². The van der Waals surface area contributed by atoms with Crippen molar-refractivity contribution in [1.29, 1.82) is 0 Å². The van der Waals surface area contributed by atoms with Crippen molar-refractivity contribution < 1.29 is 4.79 Å². The zero-order valence-electron chi connectivity index (χ0n) is 13.3. The van der Waals surface area contributed by atoms with Crippen LogP contribution in [0.4, 0.5) is 0 Å². The van der Waals surface area contributed by atoms with E-state index in [1.807, 2.05) is 0 Å². The number of rotatable bonds is 0. The van der Waals surface area contributed by atoms with Gasteiger partial charge in [-0.2, -0.15) is 0 Å². The van der Waals surface area contributed by atoms with Gasteiger partial charge in [-0.3, -0.25) is 4.79 Å². The molecule has 0 radical (unpaired) electrons. The largest absolute Gasteiger partial charge is 0.299 e. The summed E-state index contributed by atoms with van der Waals surface area (Å²) in [6.45, 7) is 5.02. The van der Waals surface area contributed by atoms with E-state index >= 15 is 0 Å². The van der Waals surface area contributed by atoms with Gasteiger partial charge in [0, 0.05) is 12.3 Å². The van der Waals surface area contributed by atoms with Gasteiger partial charge >= 0.3 is 0 Å². The molecule has 20 heavy (non-hydrogen) atoms. The minimum absolute atomic E-state index is 0.371. The SMILES string of the molecule is CC12CCC(=O)C1C1CC[C@H]3CCCCC3(C)C1CC2. The first-order chi connectivity index (χ1) is 9.55. The fourth-order valence-electron chi connectivity index (χ4n) is 7.05. The fraction of sp³-hybridized carbons (Fsp3) is 0.947. The molecule has 0 aromatic rings. The van der Waals surface area contributed by atoms with E-state index in [4.69, 9.17) is 0 Å². The van der Waals surface area contributed by atoms with Gasteiger partial charge in [-0.1, -0.05) is 26.7 Å². The average molecular weight is 274 g/mol. The molecule has 1 heteroatoms. The smallest absolute Gasteiger partial charge is 0.136 e. The van der Waals surface area contributed by atoms with Crippen LogP contribution in [0.2, 0.25) is 0 Å². The van der Waals surface area contributed by atoms with Gasteiger partial charge in [0.2, 0.25) is 0 Å². The molecule has 0 heterocycles. The zero-order valence-corrected chi connectivity index (χ0v) is 13.3. The van der Waals surface area contributed by atoms with Crippen molar-refractivity contribution in [3.8, 4) is 0 Å². The molecule has 0 N–H and O–H groups in total. The molecule has 4 aliphatic carbocycles. The van der Waals surface area contributed by atoms with Gasteiger partial charge in [0.1, 0.15) is 5.78 Å². The molecule has 6 atom stereocenters. The molecule has 0 amide bonds. The lowest BCUT2D eigenvalue weighted by Gasteiger charge is -2.59. The Morgan fingerprint density at radius 2 is 1.80 bits per heavy atom. The predicted molar refractivity (Wildman–Crippen MR) is 81.4 cm³/mol. The Bertz CT molecular complexity index is 427. The third-order valence-electron chi connectivity index (χ3n) is 8.16. The maximum Gasteiger partial charge on any atom is 0.136 e. The van der Waals surface area contributed by atoms with Crippen LogP contribution in [0.3, 0.4) is 0 Å². The van der Waals surface area contributed by atoms with Crippen molar-refractivity contribution in [2.75, 3.05) is 0 Å². The van der Waals surface area contributed by atoms with Crippen LogP contribution >= 0.6 is 0 Å².